The third-order valence-corrected chi connectivity index (χ3v) is 5.37. The van der Waals surface area contributed by atoms with Crippen molar-refractivity contribution in [2.24, 2.45) is 7.05 Å². The van der Waals surface area contributed by atoms with Gasteiger partial charge in [0.2, 0.25) is 11.7 Å². The van der Waals surface area contributed by atoms with Crippen molar-refractivity contribution in [2.45, 2.75) is 32.2 Å². The van der Waals surface area contributed by atoms with Crippen LogP contribution >= 0.6 is 0 Å². The van der Waals surface area contributed by atoms with Gasteiger partial charge in [-0.2, -0.15) is 0 Å². The number of anilines is 1. The molecule has 0 radical (unpaired) electrons. The molecule has 1 aliphatic rings. The molecule has 2 aromatic rings. The molecule has 1 amide bonds. The zero-order chi connectivity index (χ0) is 22.4. The average Bonchev–Trinajstić information content (AvgIpc) is 3.19. The summed E-state index contributed by atoms with van der Waals surface area (Å²) in [5.41, 5.74) is 0.474. The van der Waals surface area contributed by atoms with E-state index in [0.717, 1.165) is 32.4 Å². The van der Waals surface area contributed by atoms with Crippen molar-refractivity contribution >= 4 is 23.1 Å². The quantitative estimate of drug-likeness (QED) is 0.356. The molecule has 1 aromatic heterocycles. The van der Waals surface area contributed by atoms with Gasteiger partial charge in [0.05, 0.1) is 11.5 Å². The largest absolute Gasteiger partial charge is 0.377 e. The van der Waals surface area contributed by atoms with Crippen molar-refractivity contribution in [1.82, 2.24) is 19.8 Å². The van der Waals surface area contributed by atoms with Crippen LogP contribution in [0.3, 0.4) is 0 Å². The monoisotopic (exact) mass is 428 g/mol. The normalized spacial score (nSPS) is 14.9. The van der Waals surface area contributed by atoms with E-state index in [2.05, 4.69) is 20.5 Å². The van der Waals surface area contributed by atoms with E-state index in [-0.39, 0.29) is 34.8 Å². The standard InChI is InChI=1S/C21H28N6O4/c1-3-8-22-19(28)14-26-10-6-16(7-11-26)24-17-5-4-15(13-18(17)27(30)31)20(29)21-23-9-12-25(21)2/h4-5,9,12-13,16,24H,3,6-8,10-11,14H2,1-2H3,(H,22,28). The number of carbonyl (C=O) groups excluding carboxylic acids is 2. The van der Waals surface area contributed by atoms with Gasteiger partial charge in [-0.05, 0) is 31.4 Å². The van der Waals surface area contributed by atoms with Crippen molar-refractivity contribution in [3.05, 3.63) is 52.1 Å². The smallest absolute Gasteiger partial charge is 0.293 e. The highest BCUT2D eigenvalue weighted by Gasteiger charge is 2.25. The molecule has 0 saturated carbocycles. The second kappa shape index (κ2) is 10.2. The number of nitro benzene ring substituents is 1. The summed E-state index contributed by atoms with van der Waals surface area (Å²) in [4.78, 5) is 41.8. The zero-order valence-corrected chi connectivity index (χ0v) is 17.8. The van der Waals surface area contributed by atoms with Crippen LogP contribution in [0.5, 0.6) is 0 Å². The van der Waals surface area contributed by atoms with E-state index in [1.807, 2.05) is 6.92 Å². The van der Waals surface area contributed by atoms with Gasteiger partial charge in [-0.3, -0.25) is 24.6 Å². The van der Waals surface area contributed by atoms with E-state index in [0.29, 0.717) is 18.8 Å². The predicted octanol–water partition coefficient (Wildman–Crippen LogP) is 1.96. The Morgan fingerprint density at radius 3 is 2.65 bits per heavy atom. The number of nitrogens with one attached hydrogen (secondary N) is 2. The number of ketones is 1. The Morgan fingerprint density at radius 1 is 1.29 bits per heavy atom. The summed E-state index contributed by atoms with van der Waals surface area (Å²) in [7, 11) is 1.70. The third-order valence-electron chi connectivity index (χ3n) is 5.37. The number of piperidine rings is 1. The minimum Gasteiger partial charge on any atom is -0.377 e. The van der Waals surface area contributed by atoms with Gasteiger partial charge in [0.1, 0.15) is 5.69 Å². The summed E-state index contributed by atoms with van der Waals surface area (Å²) in [6.45, 7) is 4.54. The summed E-state index contributed by atoms with van der Waals surface area (Å²) in [6.07, 6.45) is 5.61. The number of carbonyl (C=O) groups is 2. The van der Waals surface area contributed by atoms with Crippen LogP contribution in [-0.4, -0.2) is 63.3 Å². The molecule has 0 spiro atoms. The van der Waals surface area contributed by atoms with Gasteiger partial charge in [-0.15, -0.1) is 0 Å². The van der Waals surface area contributed by atoms with Crippen molar-refractivity contribution in [3.8, 4) is 0 Å². The fourth-order valence-electron chi connectivity index (χ4n) is 3.64. The van der Waals surface area contributed by atoms with E-state index < -0.39 is 4.92 Å². The third kappa shape index (κ3) is 5.66. The maximum absolute atomic E-state index is 12.6. The molecule has 1 aliphatic heterocycles. The lowest BCUT2D eigenvalue weighted by molar-refractivity contribution is -0.384. The van der Waals surface area contributed by atoms with Crippen LogP contribution in [0.1, 0.15) is 42.4 Å². The summed E-state index contributed by atoms with van der Waals surface area (Å²) in [6, 6.07) is 4.52. The number of aromatic nitrogens is 2. The van der Waals surface area contributed by atoms with Crippen molar-refractivity contribution in [1.29, 1.82) is 0 Å². The molecule has 1 saturated heterocycles. The Hall–Kier alpha value is -3.27. The summed E-state index contributed by atoms with van der Waals surface area (Å²) < 4.78 is 1.58. The lowest BCUT2D eigenvalue weighted by Gasteiger charge is -2.32. The number of nitrogens with zero attached hydrogens (tertiary/aromatic N) is 4. The van der Waals surface area contributed by atoms with Gasteiger partial charge in [0.25, 0.3) is 5.69 Å². The zero-order valence-electron chi connectivity index (χ0n) is 17.8. The summed E-state index contributed by atoms with van der Waals surface area (Å²) in [5.74, 6) is -0.112. The predicted molar refractivity (Wildman–Crippen MR) is 116 cm³/mol. The van der Waals surface area contributed by atoms with Gasteiger partial charge in [0, 0.05) is 56.7 Å². The highest BCUT2D eigenvalue weighted by atomic mass is 16.6. The fourth-order valence-corrected chi connectivity index (χ4v) is 3.64. The van der Waals surface area contributed by atoms with E-state index in [9.17, 15) is 19.7 Å². The van der Waals surface area contributed by atoms with Gasteiger partial charge in [0.15, 0.2) is 5.82 Å². The van der Waals surface area contributed by atoms with Gasteiger partial charge in [-0.1, -0.05) is 6.92 Å². The van der Waals surface area contributed by atoms with Crippen LogP contribution in [0, 0.1) is 10.1 Å². The Kier molecular flexibility index (Phi) is 7.35. The highest BCUT2D eigenvalue weighted by Crippen LogP contribution is 2.28. The molecule has 1 aromatic carbocycles. The molecule has 1 fully saturated rings. The fraction of sp³-hybridized carbons (Fsp3) is 0.476. The van der Waals surface area contributed by atoms with Crippen molar-refractivity contribution in [2.75, 3.05) is 31.5 Å². The van der Waals surface area contributed by atoms with E-state index in [4.69, 9.17) is 0 Å². The Morgan fingerprint density at radius 2 is 2.03 bits per heavy atom. The number of aryl methyl sites for hydroxylation is 1. The number of rotatable bonds is 9. The molecule has 0 unspecified atom stereocenters. The Balaban J connectivity index is 1.63. The maximum Gasteiger partial charge on any atom is 0.293 e. The number of nitro groups is 1. The number of hydrogen-bond acceptors (Lipinski definition) is 7. The molecule has 0 atom stereocenters. The molecule has 0 bridgehead atoms. The molecule has 0 aliphatic carbocycles. The summed E-state index contributed by atoms with van der Waals surface area (Å²) >= 11 is 0. The van der Waals surface area contributed by atoms with Crippen LogP contribution in [0.2, 0.25) is 0 Å². The number of amides is 1. The maximum atomic E-state index is 12.6. The molecule has 10 heteroatoms. The molecule has 31 heavy (non-hydrogen) atoms. The Labute approximate surface area is 180 Å². The van der Waals surface area contributed by atoms with Gasteiger partial charge < -0.3 is 15.2 Å². The van der Waals surface area contributed by atoms with Crippen LogP contribution in [0.25, 0.3) is 0 Å². The van der Waals surface area contributed by atoms with E-state index in [1.54, 1.807) is 29.9 Å². The minimum absolute atomic E-state index is 0.0249. The van der Waals surface area contributed by atoms with E-state index >= 15 is 0 Å². The van der Waals surface area contributed by atoms with Crippen LogP contribution in [0.4, 0.5) is 11.4 Å². The second-order valence-electron chi connectivity index (χ2n) is 7.72. The minimum atomic E-state index is -0.481. The molecular formula is C21H28N6O4. The highest BCUT2D eigenvalue weighted by molar-refractivity contribution is 6.07. The summed E-state index contributed by atoms with van der Waals surface area (Å²) in [5, 5.41) is 17.8. The molecule has 10 nitrogen and oxygen atoms in total. The molecule has 3 rings (SSSR count). The molecule has 2 heterocycles. The second-order valence-corrected chi connectivity index (χ2v) is 7.72. The number of hydrogen-bond donors (Lipinski definition) is 2. The van der Waals surface area contributed by atoms with Gasteiger partial charge >= 0.3 is 0 Å². The van der Waals surface area contributed by atoms with Gasteiger partial charge in [-0.25, -0.2) is 4.98 Å². The molecule has 2 N–H and O–H groups in total. The molecular weight excluding hydrogens is 400 g/mol. The first-order valence-corrected chi connectivity index (χ1v) is 10.4. The lowest BCUT2D eigenvalue weighted by Crippen LogP contribution is -2.44. The van der Waals surface area contributed by atoms with Crippen LogP contribution < -0.4 is 10.6 Å². The first-order chi connectivity index (χ1) is 14.9. The van der Waals surface area contributed by atoms with Crippen molar-refractivity contribution < 1.29 is 14.5 Å². The average molecular weight is 428 g/mol. The van der Waals surface area contributed by atoms with Crippen molar-refractivity contribution in [3.63, 3.8) is 0 Å². The van der Waals surface area contributed by atoms with Crippen LogP contribution in [0.15, 0.2) is 30.6 Å². The first-order valence-electron chi connectivity index (χ1n) is 10.4. The Bertz CT molecular complexity index is 949. The number of imidazole rings is 1. The molecule has 166 valence electrons. The SMILES string of the molecule is CCCNC(=O)CN1CCC(Nc2ccc(C(=O)c3nccn3C)cc2[N+](=O)[O-])CC1. The van der Waals surface area contributed by atoms with E-state index in [1.165, 1.54) is 12.3 Å². The first kappa shape index (κ1) is 22.4. The topological polar surface area (TPSA) is 122 Å². The lowest BCUT2D eigenvalue weighted by atomic mass is 10.0. The number of benzene rings is 1. The van der Waals surface area contributed by atoms with Crippen LogP contribution in [-0.2, 0) is 11.8 Å². The number of likely N-dealkylation sites (tertiary alicyclic amines) is 1.